The molecule has 0 spiro atoms. The molecule has 0 bridgehead atoms. The third-order valence-electron chi connectivity index (χ3n) is 2.43. The van der Waals surface area contributed by atoms with E-state index in [0.717, 1.165) is 12.5 Å². The SMILES string of the molecule is CCNC(=NCCOC)NCCNc1ncc(Cl)cc1Cl.I. The van der Waals surface area contributed by atoms with Crippen molar-refractivity contribution in [3.63, 3.8) is 0 Å². The zero-order chi connectivity index (χ0) is 15.5. The van der Waals surface area contributed by atoms with Crippen LogP contribution in [0.15, 0.2) is 17.3 Å². The van der Waals surface area contributed by atoms with Crippen molar-refractivity contribution in [3.8, 4) is 0 Å². The van der Waals surface area contributed by atoms with Crippen LogP contribution in [0.3, 0.4) is 0 Å². The van der Waals surface area contributed by atoms with E-state index in [1.807, 2.05) is 6.92 Å². The van der Waals surface area contributed by atoms with Crippen molar-refractivity contribution in [2.45, 2.75) is 6.92 Å². The van der Waals surface area contributed by atoms with E-state index in [2.05, 4.69) is 25.9 Å². The van der Waals surface area contributed by atoms with Gasteiger partial charge in [-0.2, -0.15) is 0 Å². The molecule has 0 amide bonds. The summed E-state index contributed by atoms with van der Waals surface area (Å²) in [4.78, 5) is 8.49. The first kappa shape index (κ1) is 21.5. The number of ether oxygens (including phenoxy) is 1. The average Bonchev–Trinajstić information content (AvgIpc) is 2.45. The van der Waals surface area contributed by atoms with Gasteiger partial charge in [0.25, 0.3) is 0 Å². The largest absolute Gasteiger partial charge is 0.383 e. The topological polar surface area (TPSA) is 70.6 Å². The van der Waals surface area contributed by atoms with Crippen molar-refractivity contribution in [2.75, 3.05) is 45.2 Å². The Morgan fingerprint density at radius 3 is 2.73 bits per heavy atom. The Morgan fingerprint density at radius 2 is 2.09 bits per heavy atom. The summed E-state index contributed by atoms with van der Waals surface area (Å²) in [6.45, 7) is 5.37. The molecule has 0 aliphatic rings. The number of rotatable bonds is 8. The Labute approximate surface area is 158 Å². The summed E-state index contributed by atoms with van der Waals surface area (Å²) in [6, 6.07) is 1.65. The van der Waals surface area contributed by atoms with Gasteiger partial charge in [-0.05, 0) is 13.0 Å². The molecule has 0 aromatic carbocycles. The number of aromatic nitrogens is 1. The van der Waals surface area contributed by atoms with Crippen LogP contribution in [0.4, 0.5) is 5.82 Å². The van der Waals surface area contributed by atoms with Crippen LogP contribution in [0.2, 0.25) is 10.0 Å². The van der Waals surface area contributed by atoms with Crippen LogP contribution in [0.1, 0.15) is 6.92 Å². The number of nitrogens with one attached hydrogen (secondary N) is 3. The summed E-state index contributed by atoms with van der Waals surface area (Å²) in [5, 5.41) is 10.5. The standard InChI is InChI=1S/C13H21Cl2N5O.HI/c1-3-16-13(19-6-7-21-2)18-5-4-17-12-11(15)8-10(14)9-20-12;/h8-9H,3-7H2,1-2H3,(H,17,20)(H2,16,18,19);1H. The molecule has 22 heavy (non-hydrogen) atoms. The highest BCUT2D eigenvalue weighted by Crippen LogP contribution is 2.21. The number of pyridine rings is 1. The van der Waals surface area contributed by atoms with Crippen molar-refractivity contribution in [2.24, 2.45) is 4.99 Å². The maximum absolute atomic E-state index is 6.03. The molecule has 1 aromatic rings. The van der Waals surface area contributed by atoms with E-state index in [1.54, 1.807) is 19.4 Å². The second-order valence-corrected chi connectivity index (χ2v) is 4.93. The van der Waals surface area contributed by atoms with Crippen molar-refractivity contribution in [3.05, 3.63) is 22.3 Å². The third kappa shape index (κ3) is 8.82. The Bertz CT molecular complexity index is 462. The Hall–Kier alpha value is -0.510. The number of methoxy groups -OCH3 is 1. The number of guanidine groups is 1. The van der Waals surface area contributed by atoms with Gasteiger partial charge in [-0.3, -0.25) is 4.99 Å². The predicted molar refractivity (Wildman–Crippen MR) is 104 cm³/mol. The van der Waals surface area contributed by atoms with Crippen LogP contribution >= 0.6 is 47.2 Å². The molecule has 1 aromatic heterocycles. The maximum Gasteiger partial charge on any atom is 0.191 e. The van der Waals surface area contributed by atoms with Gasteiger partial charge < -0.3 is 20.7 Å². The fourth-order valence-electron chi connectivity index (χ4n) is 1.50. The Morgan fingerprint density at radius 1 is 1.32 bits per heavy atom. The molecule has 0 saturated carbocycles. The fourth-order valence-corrected chi connectivity index (χ4v) is 1.94. The van der Waals surface area contributed by atoms with Crippen molar-refractivity contribution >= 4 is 59.0 Å². The summed E-state index contributed by atoms with van der Waals surface area (Å²) >= 11 is 11.8. The van der Waals surface area contributed by atoms with Gasteiger partial charge in [0.1, 0.15) is 5.82 Å². The molecule has 0 fully saturated rings. The number of hydrogen-bond donors (Lipinski definition) is 3. The van der Waals surface area contributed by atoms with E-state index >= 15 is 0 Å². The van der Waals surface area contributed by atoms with Crippen LogP contribution < -0.4 is 16.0 Å². The second-order valence-electron chi connectivity index (χ2n) is 4.09. The van der Waals surface area contributed by atoms with E-state index in [4.69, 9.17) is 27.9 Å². The first-order valence-electron chi connectivity index (χ1n) is 6.73. The zero-order valence-corrected chi connectivity index (χ0v) is 16.5. The van der Waals surface area contributed by atoms with E-state index < -0.39 is 0 Å². The van der Waals surface area contributed by atoms with Gasteiger partial charge >= 0.3 is 0 Å². The zero-order valence-electron chi connectivity index (χ0n) is 12.7. The first-order valence-corrected chi connectivity index (χ1v) is 7.49. The number of hydrogen-bond acceptors (Lipinski definition) is 4. The highest BCUT2D eigenvalue weighted by Gasteiger charge is 2.02. The maximum atomic E-state index is 6.03. The number of halogens is 3. The molecule has 6 nitrogen and oxygen atoms in total. The molecule has 0 atom stereocenters. The number of nitrogens with zero attached hydrogens (tertiary/aromatic N) is 2. The molecular weight excluding hydrogens is 440 g/mol. The average molecular weight is 462 g/mol. The number of anilines is 1. The molecule has 0 unspecified atom stereocenters. The van der Waals surface area contributed by atoms with Crippen LogP contribution in [0, 0.1) is 0 Å². The van der Waals surface area contributed by atoms with Crippen molar-refractivity contribution in [1.29, 1.82) is 0 Å². The minimum Gasteiger partial charge on any atom is -0.383 e. The minimum atomic E-state index is 0. The molecule has 3 N–H and O–H groups in total. The lowest BCUT2D eigenvalue weighted by atomic mass is 10.4. The van der Waals surface area contributed by atoms with E-state index in [-0.39, 0.29) is 24.0 Å². The van der Waals surface area contributed by atoms with Crippen LogP contribution in [0.25, 0.3) is 0 Å². The molecule has 1 heterocycles. The van der Waals surface area contributed by atoms with E-state index in [0.29, 0.717) is 42.1 Å². The molecule has 0 aliphatic heterocycles. The van der Waals surface area contributed by atoms with Crippen LogP contribution in [-0.4, -0.2) is 50.8 Å². The van der Waals surface area contributed by atoms with E-state index in [9.17, 15) is 0 Å². The van der Waals surface area contributed by atoms with E-state index in [1.165, 1.54) is 0 Å². The minimum absolute atomic E-state index is 0. The Balaban J connectivity index is 0.00000441. The lowest BCUT2D eigenvalue weighted by Crippen LogP contribution is -2.39. The molecule has 0 aliphatic carbocycles. The monoisotopic (exact) mass is 461 g/mol. The smallest absolute Gasteiger partial charge is 0.191 e. The van der Waals surface area contributed by atoms with Crippen molar-refractivity contribution < 1.29 is 4.74 Å². The highest BCUT2D eigenvalue weighted by atomic mass is 127. The summed E-state index contributed by atoms with van der Waals surface area (Å²) in [7, 11) is 1.66. The van der Waals surface area contributed by atoms with Gasteiger partial charge in [-0.15, -0.1) is 24.0 Å². The lowest BCUT2D eigenvalue weighted by Gasteiger charge is -2.12. The molecule has 0 saturated heterocycles. The van der Waals surface area contributed by atoms with Gasteiger partial charge in [0, 0.05) is 32.9 Å². The predicted octanol–water partition coefficient (Wildman–Crippen LogP) is 2.62. The summed E-state index contributed by atoms with van der Waals surface area (Å²) in [5.41, 5.74) is 0. The highest BCUT2D eigenvalue weighted by molar-refractivity contribution is 14.0. The molecule has 9 heteroatoms. The summed E-state index contributed by atoms with van der Waals surface area (Å²) < 4.78 is 4.97. The summed E-state index contributed by atoms with van der Waals surface area (Å²) in [5.74, 6) is 1.37. The van der Waals surface area contributed by atoms with Crippen molar-refractivity contribution in [1.82, 2.24) is 15.6 Å². The molecule has 126 valence electrons. The van der Waals surface area contributed by atoms with Gasteiger partial charge in [0.05, 0.1) is 23.2 Å². The normalized spacial score (nSPS) is 10.8. The molecular formula is C13H22Cl2IN5O. The molecule has 0 radical (unpaired) electrons. The molecule has 1 rings (SSSR count). The Kier molecular flexibility index (Phi) is 12.7. The van der Waals surface area contributed by atoms with Gasteiger partial charge in [-0.1, -0.05) is 23.2 Å². The lowest BCUT2D eigenvalue weighted by molar-refractivity contribution is 0.208. The van der Waals surface area contributed by atoms with Gasteiger partial charge in [0.2, 0.25) is 0 Å². The number of aliphatic imine (C=N–C) groups is 1. The quantitative estimate of drug-likeness (QED) is 0.240. The van der Waals surface area contributed by atoms with Crippen LogP contribution in [0.5, 0.6) is 0 Å². The van der Waals surface area contributed by atoms with Gasteiger partial charge in [0.15, 0.2) is 5.96 Å². The van der Waals surface area contributed by atoms with Gasteiger partial charge in [-0.25, -0.2) is 4.98 Å². The fraction of sp³-hybridized carbons (Fsp3) is 0.538. The third-order valence-corrected chi connectivity index (χ3v) is 2.92. The summed E-state index contributed by atoms with van der Waals surface area (Å²) in [6.07, 6.45) is 1.56. The second kappa shape index (κ2) is 13.0. The first-order chi connectivity index (χ1) is 10.2. The van der Waals surface area contributed by atoms with Crippen LogP contribution in [-0.2, 0) is 4.74 Å².